The van der Waals surface area contributed by atoms with E-state index >= 15 is 0 Å². The van der Waals surface area contributed by atoms with Crippen LogP contribution in [0.3, 0.4) is 0 Å². The van der Waals surface area contributed by atoms with Gasteiger partial charge in [-0.3, -0.25) is 9.59 Å². The van der Waals surface area contributed by atoms with Crippen LogP contribution in [0.15, 0.2) is 60.7 Å². The molecule has 1 aliphatic heterocycles. The van der Waals surface area contributed by atoms with E-state index in [2.05, 4.69) is 34.2 Å². The molecule has 1 fully saturated rings. The molecule has 1 aliphatic rings. The second-order valence-corrected chi connectivity index (χ2v) is 9.35. The van der Waals surface area contributed by atoms with Crippen LogP contribution >= 0.6 is 0 Å². The van der Waals surface area contributed by atoms with Gasteiger partial charge < -0.3 is 14.7 Å². The molecule has 4 rings (SSSR count). The van der Waals surface area contributed by atoms with E-state index in [4.69, 9.17) is 0 Å². The second kappa shape index (κ2) is 10.7. The van der Waals surface area contributed by atoms with Crippen LogP contribution in [0.25, 0.3) is 11.3 Å². The van der Waals surface area contributed by atoms with Crippen molar-refractivity contribution in [2.45, 2.75) is 33.7 Å². The van der Waals surface area contributed by atoms with E-state index < -0.39 is 0 Å². The first-order valence-electron chi connectivity index (χ1n) is 12.1. The molecule has 0 radical (unpaired) electrons. The van der Waals surface area contributed by atoms with Gasteiger partial charge in [0.25, 0.3) is 5.91 Å². The van der Waals surface area contributed by atoms with Crippen molar-refractivity contribution in [2.24, 2.45) is 0 Å². The normalized spacial score (nSPS) is 13.7. The van der Waals surface area contributed by atoms with Crippen molar-refractivity contribution in [3.05, 3.63) is 77.4 Å². The van der Waals surface area contributed by atoms with Gasteiger partial charge in [-0.2, -0.15) is 0 Å². The molecule has 2 amide bonds. The van der Waals surface area contributed by atoms with E-state index in [1.807, 2.05) is 74.2 Å². The van der Waals surface area contributed by atoms with Crippen LogP contribution in [0.1, 0.15) is 35.3 Å². The molecule has 0 N–H and O–H groups in total. The summed E-state index contributed by atoms with van der Waals surface area (Å²) in [6.45, 7) is 10.5. The van der Waals surface area contributed by atoms with Crippen LogP contribution in [0.2, 0.25) is 0 Å². The second-order valence-electron chi connectivity index (χ2n) is 9.35. The largest absolute Gasteiger partial charge is 0.352 e. The van der Waals surface area contributed by atoms with E-state index in [1.54, 1.807) is 4.90 Å². The van der Waals surface area contributed by atoms with Crippen molar-refractivity contribution < 1.29 is 9.59 Å². The number of benzene rings is 2. The van der Waals surface area contributed by atoms with Gasteiger partial charge in [0.2, 0.25) is 5.91 Å². The lowest BCUT2D eigenvalue weighted by atomic mass is 10.1. The third-order valence-corrected chi connectivity index (χ3v) is 6.52. The molecule has 2 heterocycles. The Kier molecular flexibility index (Phi) is 7.44. The maximum atomic E-state index is 13.1. The molecule has 35 heavy (non-hydrogen) atoms. The fraction of sp³-hybridized carbons (Fsp3) is 0.357. The average Bonchev–Trinajstić information content (AvgIpc) is 2.87. The van der Waals surface area contributed by atoms with Gasteiger partial charge in [0, 0.05) is 43.3 Å². The van der Waals surface area contributed by atoms with Gasteiger partial charge in [0.1, 0.15) is 6.54 Å². The van der Waals surface area contributed by atoms with E-state index in [9.17, 15) is 9.59 Å². The van der Waals surface area contributed by atoms with Gasteiger partial charge in [-0.25, -0.2) is 0 Å². The zero-order valence-electron chi connectivity index (χ0n) is 20.9. The topological polar surface area (TPSA) is 69.6 Å². The molecule has 0 atom stereocenters. The molecule has 3 aromatic rings. The van der Waals surface area contributed by atoms with Gasteiger partial charge in [-0.05, 0) is 51.5 Å². The zero-order chi connectivity index (χ0) is 24.9. The molecule has 7 nitrogen and oxygen atoms in total. The van der Waals surface area contributed by atoms with Crippen LogP contribution in [0.4, 0.5) is 5.82 Å². The summed E-state index contributed by atoms with van der Waals surface area (Å²) >= 11 is 0. The van der Waals surface area contributed by atoms with Crippen LogP contribution in [-0.2, 0) is 4.79 Å². The Morgan fingerprint density at radius 2 is 1.57 bits per heavy atom. The molecule has 0 bridgehead atoms. The Morgan fingerprint density at radius 3 is 2.17 bits per heavy atom. The smallest absolute Gasteiger partial charge is 0.254 e. The first-order chi connectivity index (χ1) is 16.8. The monoisotopic (exact) mass is 471 g/mol. The van der Waals surface area contributed by atoms with Crippen molar-refractivity contribution in [2.75, 3.05) is 37.6 Å². The Labute approximate surface area is 207 Å². The van der Waals surface area contributed by atoms with Gasteiger partial charge in [0.15, 0.2) is 5.82 Å². The van der Waals surface area contributed by atoms with Gasteiger partial charge in [-0.1, -0.05) is 48.0 Å². The lowest BCUT2D eigenvalue weighted by Gasteiger charge is -2.37. The first-order valence-corrected chi connectivity index (χ1v) is 12.1. The summed E-state index contributed by atoms with van der Waals surface area (Å²) in [5, 5.41) is 8.83. The number of hydrogen-bond donors (Lipinski definition) is 0. The predicted molar refractivity (Wildman–Crippen MR) is 138 cm³/mol. The highest BCUT2D eigenvalue weighted by atomic mass is 16.2. The van der Waals surface area contributed by atoms with Crippen LogP contribution in [0, 0.1) is 13.8 Å². The highest BCUT2D eigenvalue weighted by molar-refractivity contribution is 5.97. The summed E-state index contributed by atoms with van der Waals surface area (Å²) < 4.78 is 0. The number of carbonyl (C=O) groups is 2. The standard InChI is InChI=1S/C28H33N5O2/c1-20(2)33(28(35)24-8-6-5-7-22(24)4)19-27(34)32-17-15-31(16-18-32)26-14-13-25(29-30-26)23-11-9-21(3)10-12-23/h5-14,20H,15-19H2,1-4H3. The van der Waals surface area contributed by atoms with Crippen molar-refractivity contribution in [1.29, 1.82) is 0 Å². The summed E-state index contributed by atoms with van der Waals surface area (Å²) in [6, 6.07) is 19.6. The number of anilines is 1. The lowest BCUT2D eigenvalue weighted by molar-refractivity contribution is -0.132. The Morgan fingerprint density at radius 1 is 0.886 bits per heavy atom. The quantitative estimate of drug-likeness (QED) is 0.544. The van der Waals surface area contributed by atoms with Crippen molar-refractivity contribution in [1.82, 2.24) is 20.0 Å². The van der Waals surface area contributed by atoms with Crippen LogP contribution in [-0.4, -0.2) is 70.6 Å². The Bertz CT molecular complexity index is 1170. The summed E-state index contributed by atoms with van der Waals surface area (Å²) in [4.78, 5) is 31.9. The molecule has 1 saturated heterocycles. The molecule has 7 heteroatoms. The summed E-state index contributed by atoms with van der Waals surface area (Å²) in [5.74, 6) is 0.682. The summed E-state index contributed by atoms with van der Waals surface area (Å²) in [7, 11) is 0. The number of hydrogen-bond acceptors (Lipinski definition) is 5. The van der Waals surface area contributed by atoms with Crippen LogP contribution < -0.4 is 4.90 Å². The molecular formula is C28H33N5O2. The van der Waals surface area contributed by atoms with Crippen molar-refractivity contribution in [3.63, 3.8) is 0 Å². The third-order valence-electron chi connectivity index (χ3n) is 6.52. The lowest BCUT2D eigenvalue weighted by Crippen LogP contribution is -2.53. The van der Waals surface area contributed by atoms with Crippen molar-refractivity contribution in [3.8, 4) is 11.3 Å². The highest BCUT2D eigenvalue weighted by Gasteiger charge is 2.27. The van der Waals surface area contributed by atoms with Gasteiger partial charge in [0.05, 0.1) is 5.69 Å². The molecular weight excluding hydrogens is 438 g/mol. The number of aromatic nitrogens is 2. The molecule has 1 aromatic heterocycles. The van der Waals surface area contributed by atoms with E-state index in [1.165, 1.54) is 5.56 Å². The minimum atomic E-state index is -0.103. The third kappa shape index (κ3) is 5.67. The number of nitrogens with zero attached hydrogens (tertiary/aromatic N) is 5. The molecule has 0 spiro atoms. The van der Waals surface area contributed by atoms with E-state index in [0.717, 1.165) is 22.6 Å². The minimum Gasteiger partial charge on any atom is -0.352 e. The van der Waals surface area contributed by atoms with Gasteiger partial charge >= 0.3 is 0 Å². The van der Waals surface area contributed by atoms with Gasteiger partial charge in [-0.15, -0.1) is 10.2 Å². The molecule has 0 aliphatic carbocycles. The van der Waals surface area contributed by atoms with Crippen molar-refractivity contribution >= 4 is 17.6 Å². The molecule has 182 valence electrons. The van der Waals surface area contributed by atoms with E-state index in [-0.39, 0.29) is 24.4 Å². The number of carbonyl (C=O) groups excluding carboxylic acids is 2. The summed E-state index contributed by atoms with van der Waals surface area (Å²) in [5.41, 5.74) is 4.65. The number of piperazine rings is 1. The number of rotatable bonds is 6. The molecule has 0 saturated carbocycles. The first kappa shape index (κ1) is 24.4. The number of aryl methyl sites for hydroxylation is 2. The fourth-order valence-electron chi connectivity index (χ4n) is 4.26. The minimum absolute atomic E-state index is 0.0268. The highest BCUT2D eigenvalue weighted by Crippen LogP contribution is 2.20. The maximum Gasteiger partial charge on any atom is 0.254 e. The number of amides is 2. The average molecular weight is 472 g/mol. The zero-order valence-corrected chi connectivity index (χ0v) is 20.9. The van der Waals surface area contributed by atoms with E-state index in [0.29, 0.717) is 31.7 Å². The van der Waals surface area contributed by atoms with Crippen LogP contribution in [0.5, 0.6) is 0 Å². The maximum absolute atomic E-state index is 13.1. The summed E-state index contributed by atoms with van der Waals surface area (Å²) in [6.07, 6.45) is 0. The SMILES string of the molecule is Cc1ccc(-c2ccc(N3CCN(C(=O)CN(C(=O)c4ccccc4C)C(C)C)CC3)nn2)cc1. The fourth-order valence-corrected chi connectivity index (χ4v) is 4.26. The molecule has 2 aromatic carbocycles. The Balaban J connectivity index is 1.35. The molecule has 0 unspecified atom stereocenters. The predicted octanol–water partition coefficient (Wildman–Crippen LogP) is 3.96. The Hall–Kier alpha value is -3.74.